The molecule has 0 aromatic carbocycles. The molecule has 3 unspecified atom stereocenters. The van der Waals surface area contributed by atoms with Gasteiger partial charge in [0.05, 0.1) is 39.9 Å². The van der Waals surface area contributed by atoms with Crippen LogP contribution in [0, 0.1) is 0 Å². The highest BCUT2D eigenvalue weighted by Gasteiger charge is 2.28. The van der Waals surface area contributed by atoms with Crippen molar-refractivity contribution in [2.24, 2.45) is 0 Å². The number of hydrogen-bond acceptors (Lipinski definition) is 5. The Kier molecular flexibility index (Phi) is 71.6. The number of phosphoric ester groups is 1. The second-order valence-electron chi connectivity index (χ2n) is 28.8. The summed E-state index contributed by atoms with van der Waals surface area (Å²) >= 11 is 0. The van der Waals surface area contributed by atoms with Crippen LogP contribution in [0.5, 0.6) is 0 Å². The van der Waals surface area contributed by atoms with E-state index in [1.54, 1.807) is 0 Å². The summed E-state index contributed by atoms with van der Waals surface area (Å²) in [7, 11) is 1.63. The van der Waals surface area contributed by atoms with E-state index < -0.39 is 20.0 Å². The molecule has 0 aliphatic carbocycles. The van der Waals surface area contributed by atoms with Gasteiger partial charge in [-0.15, -0.1) is 0 Å². The lowest BCUT2D eigenvalue weighted by molar-refractivity contribution is -0.870. The van der Waals surface area contributed by atoms with E-state index in [0.717, 1.165) is 77.0 Å². The standard InChI is InChI=1S/C83H157N2O6P/c1-6-8-10-12-14-16-18-20-22-24-26-28-30-32-34-36-37-38-39-40-41-42-43-44-45-46-47-49-51-53-55-57-59-61-63-65-67-69-71-73-75-77-83(87)84-81(80-91-92(88,89)90-79-78-85(3,4)5)82(86)76-74-72-70-68-66-64-62-60-58-56-54-52-50-48-35-33-31-29-27-25-23-21-19-17-15-13-11-9-7-2/h8,10,14,16,20,22,26,28,32,34,37-38,81-82,86H,6-7,9,11-13,15,17-19,21,23-25,27,29-31,33,35-36,39-80H2,1-5H3,(H-,84,87,88,89)/p+1/b10-8-,16-14-,22-20-,28-26-,34-32-,38-37-. The van der Waals surface area contributed by atoms with Gasteiger partial charge in [-0.2, -0.15) is 0 Å². The third-order valence-corrected chi connectivity index (χ3v) is 19.5. The number of rotatable bonds is 75. The minimum Gasteiger partial charge on any atom is -0.391 e. The average Bonchev–Trinajstić information content (AvgIpc) is 2.63. The van der Waals surface area contributed by atoms with Gasteiger partial charge < -0.3 is 19.8 Å². The molecule has 3 N–H and O–H groups in total. The van der Waals surface area contributed by atoms with Crippen LogP contribution in [-0.2, 0) is 18.4 Å². The first-order valence-electron chi connectivity index (χ1n) is 40.3. The maximum absolute atomic E-state index is 13.1. The van der Waals surface area contributed by atoms with Crippen molar-refractivity contribution in [1.82, 2.24) is 5.32 Å². The van der Waals surface area contributed by atoms with Gasteiger partial charge in [0.25, 0.3) is 0 Å². The van der Waals surface area contributed by atoms with Gasteiger partial charge in [0.2, 0.25) is 5.91 Å². The molecule has 0 fully saturated rings. The lowest BCUT2D eigenvalue weighted by Gasteiger charge is -2.26. The maximum Gasteiger partial charge on any atom is 0.472 e. The van der Waals surface area contributed by atoms with E-state index in [0.29, 0.717) is 23.9 Å². The van der Waals surface area contributed by atoms with E-state index in [9.17, 15) is 19.4 Å². The summed E-state index contributed by atoms with van der Waals surface area (Å²) in [6, 6.07) is -0.763. The quantitative estimate of drug-likeness (QED) is 0.0243. The number of likely N-dealkylation sites (N-methyl/N-ethyl adjacent to an activating group) is 1. The van der Waals surface area contributed by atoms with Gasteiger partial charge in [0.1, 0.15) is 13.2 Å². The molecule has 0 aliphatic heterocycles. The minimum atomic E-state index is -4.33. The highest BCUT2D eigenvalue weighted by Crippen LogP contribution is 2.43. The lowest BCUT2D eigenvalue weighted by Crippen LogP contribution is -2.46. The molecule has 0 spiro atoms. The van der Waals surface area contributed by atoms with Crippen molar-refractivity contribution >= 4 is 13.7 Å². The Morgan fingerprint density at radius 1 is 0.380 bits per heavy atom. The molecule has 0 heterocycles. The van der Waals surface area contributed by atoms with Gasteiger partial charge in [-0.1, -0.05) is 401 Å². The zero-order valence-corrected chi connectivity index (χ0v) is 62.9. The van der Waals surface area contributed by atoms with Crippen molar-refractivity contribution in [2.75, 3.05) is 40.9 Å². The Hall–Kier alpha value is -2.06. The normalized spacial score (nSPS) is 13.9. The van der Waals surface area contributed by atoms with Crippen LogP contribution in [0.3, 0.4) is 0 Å². The molecule has 0 bridgehead atoms. The van der Waals surface area contributed by atoms with Crippen LogP contribution in [0.4, 0.5) is 0 Å². The maximum atomic E-state index is 13.1. The summed E-state index contributed by atoms with van der Waals surface area (Å²) in [4.78, 5) is 23.5. The molecule has 1 amide bonds. The van der Waals surface area contributed by atoms with E-state index in [1.165, 1.54) is 295 Å². The summed E-state index contributed by atoms with van der Waals surface area (Å²) < 4.78 is 24.0. The molecule has 0 radical (unpaired) electrons. The molecule has 0 aliphatic rings. The molecule has 540 valence electrons. The van der Waals surface area contributed by atoms with Crippen LogP contribution in [-0.4, -0.2) is 73.4 Å². The number of allylic oxidation sites excluding steroid dienone is 12. The van der Waals surface area contributed by atoms with Crippen molar-refractivity contribution < 1.29 is 32.9 Å². The van der Waals surface area contributed by atoms with Crippen LogP contribution >= 0.6 is 7.82 Å². The first kappa shape index (κ1) is 89.9. The van der Waals surface area contributed by atoms with Crippen molar-refractivity contribution in [2.45, 2.75) is 411 Å². The summed E-state index contributed by atoms with van der Waals surface area (Å²) in [5.74, 6) is -0.136. The molecular formula is C83H158N2O6P+. The number of aliphatic hydroxyl groups excluding tert-OH is 1. The number of aliphatic hydroxyl groups is 1. The van der Waals surface area contributed by atoms with Crippen LogP contribution in [0.2, 0.25) is 0 Å². The van der Waals surface area contributed by atoms with Gasteiger partial charge in [-0.3, -0.25) is 13.8 Å². The molecule has 0 saturated heterocycles. The third-order valence-electron chi connectivity index (χ3n) is 18.5. The van der Waals surface area contributed by atoms with Crippen LogP contribution in [0.1, 0.15) is 399 Å². The smallest absolute Gasteiger partial charge is 0.391 e. The number of phosphoric acid groups is 1. The summed E-state index contributed by atoms with van der Waals surface area (Å²) in [5, 5.41) is 14.2. The fourth-order valence-electron chi connectivity index (χ4n) is 12.3. The molecule has 0 saturated carbocycles. The van der Waals surface area contributed by atoms with E-state index in [2.05, 4.69) is 92.1 Å². The molecule has 0 aromatic rings. The fourth-order valence-corrected chi connectivity index (χ4v) is 13.0. The minimum absolute atomic E-state index is 0.0759. The number of quaternary nitrogens is 1. The van der Waals surface area contributed by atoms with Gasteiger partial charge in [-0.05, 0) is 64.2 Å². The number of hydrogen-bond donors (Lipinski definition) is 3. The Morgan fingerprint density at radius 2 is 0.652 bits per heavy atom. The zero-order chi connectivity index (χ0) is 66.9. The van der Waals surface area contributed by atoms with E-state index in [-0.39, 0.29) is 19.1 Å². The van der Waals surface area contributed by atoms with E-state index >= 15 is 0 Å². The van der Waals surface area contributed by atoms with Crippen molar-refractivity contribution in [3.8, 4) is 0 Å². The number of nitrogens with one attached hydrogen (secondary N) is 1. The molecule has 92 heavy (non-hydrogen) atoms. The predicted octanol–water partition coefficient (Wildman–Crippen LogP) is 26.5. The molecule has 3 atom stereocenters. The van der Waals surface area contributed by atoms with Crippen molar-refractivity contribution in [3.63, 3.8) is 0 Å². The number of nitrogens with zero attached hydrogens (tertiary/aromatic N) is 1. The van der Waals surface area contributed by atoms with Crippen molar-refractivity contribution in [1.29, 1.82) is 0 Å². The first-order chi connectivity index (χ1) is 45.0. The molecule has 8 nitrogen and oxygen atoms in total. The number of carbonyl (C=O) groups excluding carboxylic acids is 1. The van der Waals surface area contributed by atoms with Crippen LogP contribution in [0.15, 0.2) is 72.9 Å². The monoisotopic (exact) mass is 1310 g/mol. The molecule has 0 aromatic heterocycles. The highest BCUT2D eigenvalue weighted by atomic mass is 31.2. The van der Waals surface area contributed by atoms with Gasteiger partial charge in [0, 0.05) is 6.42 Å². The SMILES string of the molecule is CC/C=C\C/C=C\C/C=C\C/C=C\C/C=C\C/C=C\CCCCCCCCCCCCCCCCCCCCCCCCC(=O)NC(COP(=O)(O)OCC[N+](C)(C)C)C(O)CCCCCCCCCCCCCCCCCCCCCCCCCCCCCCC. The summed E-state index contributed by atoms with van der Waals surface area (Å²) in [5.41, 5.74) is 0. The second kappa shape index (κ2) is 73.2. The topological polar surface area (TPSA) is 105 Å². The zero-order valence-electron chi connectivity index (χ0n) is 62.1. The Balaban J connectivity index is 3.91. The largest absolute Gasteiger partial charge is 0.472 e. The Bertz CT molecular complexity index is 1730. The highest BCUT2D eigenvalue weighted by molar-refractivity contribution is 7.47. The van der Waals surface area contributed by atoms with Gasteiger partial charge >= 0.3 is 7.82 Å². The fraction of sp³-hybridized carbons (Fsp3) is 0.843. The molecular weight excluding hydrogens is 1150 g/mol. The summed E-state index contributed by atoms with van der Waals surface area (Å²) in [6.45, 7) is 4.83. The van der Waals surface area contributed by atoms with Crippen molar-refractivity contribution in [3.05, 3.63) is 72.9 Å². The number of amides is 1. The first-order valence-corrected chi connectivity index (χ1v) is 41.8. The van der Waals surface area contributed by atoms with Gasteiger partial charge in [0.15, 0.2) is 0 Å². The molecule has 9 heteroatoms. The molecule has 0 rings (SSSR count). The van der Waals surface area contributed by atoms with Crippen LogP contribution < -0.4 is 5.32 Å². The Labute approximate surface area is 574 Å². The third kappa shape index (κ3) is 75.3. The van der Waals surface area contributed by atoms with E-state index in [1.807, 2.05) is 21.1 Å². The predicted molar refractivity (Wildman–Crippen MR) is 406 cm³/mol. The van der Waals surface area contributed by atoms with Crippen LogP contribution in [0.25, 0.3) is 0 Å². The van der Waals surface area contributed by atoms with E-state index in [4.69, 9.17) is 9.05 Å². The Morgan fingerprint density at radius 3 is 0.957 bits per heavy atom. The summed E-state index contributed by atoms with van der Waals surface area (Å²) in [6.07, 6.45) is 103. The van der Waals surface area contributed by atoms with Gasteiger partial charge in [-0.25, -0.2) is 4.57 Å². The lowest BCUT2D eigenvalue weighted by atomic mass is 10.0. The number of unbranched alkanes of at least 4 members (excludes halogenated alkanes) is 50. The number of carbonyl (C=O) groups is 1. The average molecular weight is 1310 g/mol. The second-order valence-corrected chi connectivity index (χ2v) is 30.2.